The van der Waals surface area contributed by atoms with Crippen LogP contribution in [-0.2, 0) is 6.54 Å². The van der Waals surface area contributed by atoms with Crippen LogP contribution in [0, 0.1) is 23.7 Å². The molecule has 0 spiro atoms. The lowest BCUT2D eigenvalue weighted by atomic mass is 9.54. The highest BCUT2D eigenvalue weighted by atomic mass is 35.5. The molecule has 1 heterocycles. The normalized spacial score (nSPS) is 27.2. The summed E-state index contributed by atoms with van der Waals surface area (Å²) >= 11 is 18.6. The second-order valence-electron chi connectivity index (χ2n) is 10.2. The number of hydrogen-bond donors (Lipinski definition) is 1. The lowest BCUT2D eigenvalue weighted by Crippen LogP contribution is -2.55. The number of nitrogens with zero attached hydrogens (tertiary/aromatic N) is 2. The van der Waals surface area contributed by atoms with E-state index in [2.05, 4.69) is 5.32 Å². The summed E-state index contributed by atoms with van der Waals surface area (Å²) in [5.41, 5.74) is 3.11. The highest BCUT2D eigenvalue weighted by Crippen LogP contribution is 2.53. The van der Waals surface area contributed by atoms with Gasteiger partial charge >= 0.3 is 0 Å². The van der Waals surface area contributed by atoms with Crippen LogP contribution < -0.4 is 5.32 Å². The first kappa shape index (κ1) is 22.5. The number of nitrogens with one attached hydrogen (secondary N) is 1. The van der Waals surface area contributed by atoms with E-state index in [9.17, 15) is 4.79 Å². The highest BCUT2D eigenvalue weighted by Gasteiger charge is 2.48. The molecule has 0 atom stereocenters. The van der Waals surface area contributed by atoms with Gasteiger partial charge in [0.1, 0.15) is 0 Å². The second kappa shape index (κ2) is 8.89. The van der Waals surface area contributed by atoms with E-state index in [-0.39, 0.29) is 11.9 Å². The molecular weight excluding hydrogens is 489 g/mol. The number of benzene rings is 2. The summed E-state index contributed by atoms with van der Waals surface area (Å²) in [5, 5.41) is 9.94. The molecule has 7 heteroatoms. The van der Waals surface area contributed by atoms with Gasteiger partial charge < -0.3 is 5.32 Å². The van der Waals surface area contributed by atoms with Gasteiger partial charge in [0.25, 0.3) is 5.91 Å². The molecule has 1 aromatic heterocycles. The molecule has 176 valence electrons. The SMILES string of the molecule is O=C(NC1C2CC3CC(C2)CC1C3)c1cc(-c2ccc(Cl)cc2)n(Cc2ccc(Cl)cc2Cl)n1. The monoisotopic (exact) mass is 513 g/mol. The molecule has 4 aliphatic rings. The maximum Gasteiger partial charge on any atom is 0.272 e. The minimum Gasteiger partial charge on any atom is -0.347 e. The van der Waals surface area contributed by atoms with Crippen LogP contribution in [-0.4, -0.2) is 21.7 Å². The van der Waals surface area contributed by atoms with Crippen LogP contribution in [0.4, 0.5) is 0 Å². The molecule has 0 saturated heterocycles. The molecule has 4 nitrogen and oxygen atoms in total. The number of carbonyl (C=O) groups is 1. The minimum atomic E-state index is -0.0892. The van der Waals surface area contributed by atoms with E-state index in [1.807, 2.05) is 47.1 Å². The van der Waals surface area contributed by atoms with Gasteiger partial charge in [-0.25, -0.2) is 0 Å². The van der Waals surface area contributed by atoms with E-state index in [1.165, 1.54) is 32.1 Å². The highest BCUT2D eigenvalue weighted by molar-refractivity contribution is 6.35. The number of rotatable bonds is 5. The summed E-state index contributed by atoms with van der Waals surface area (Å²) in [6.07, 6.45) is 6.44. The zero-order chi connectivity index (χ0) is 23.4. The molecule has 34 heavy (non-hydrogen) atoms. The average molecular weight is 515 g/mol. The van der Waals surface area contributed by atoms with Crippen molar-refractivity contribution in [1.82, 2.24) is 15.1 Å². The predicted molar refractivity (Wildman–Crippen MR) is 137 cm³/mol. The molecule has 4 fully saturated rings. The Bertz CT molecular complexity index is 1210. The number of amides is 1. The first-order chi connectivity index (χ1) is 16.4. The van der Waals surface area contributed by atoms with E-state index in [0.29, 0.717) is 39.1 Å². The van der Waals surface area contributed by atoms with Crippen molar-refractivity contribution in [2.24, 2.45) is 23.7 Å². The lowest BCUT2D eigenvalue weighted by Gasteiger charge is -2.54. The smallest absolute Gasteiger partial charge is 0.272 e. The predicted octanol–water partition coefficient (Wildman–Crippen LogP) is 7.11. The van der Waals surface area contributed by atoms with Gasteiger partial charge in [-0.1, -0.05) is 53.0 Å². The molecule has 1 N–H and O–H groups in total. The fourth-order valence-electron chi connectivity index (χ4n) is 6.70. The molecular formula is C27H26Cl3N3O. The second-order valence-corrected chi connectivity index (χ2v) is 11.5. The third-order valence-electron chi connectivity index (χ3n) is 8.01. The van der Waals surface area contributed by atoms with E-state index >= 15 is 0 Å². The van der Waals surface area contributed by atoms with E-state index in [1.54, 1.807) is 6.07 Å². The van der Waals surface area contributed by atoms with Crippen molar-refractivity contribution in [1.29, 1.82) is 0 Å². The van der Waals surface area contributed by atoms with Crippen LogP contribution in [0.1, 0.15) is 48.2 Å². The van der Waals surface area contributed by atoms with Gasteiger partial charge in [0.2, 0.25) is 0 Å². The van der Waals surface area contributed by atoms with E-state index in [4.69, 9.17) is 39.9 Å². The van der Waals surface area contributed by atoms with Gasteiger partial charge in [-0.2, -0.15) is 5.10 Å². The summed E-state index contributed by atoms with van der Waals surface area (Å²) in [6, 6.07) is 15.2. The average Bonchev–Trinajstić information content (AvgIpc) is 3.22. The molecule has 0 unspecified atom stereocenters. The molecule has 0 aliphatic heterocycles. The van der Waals surface area contributed by atoms with Crippen molar-refractivity contribution in [3.05, 3.63) is 74.9 Å². The van der Waals surface area contributed by atoms with Gasteiger partial charge in [-0.05, 0) is 97.2 Å². The lowest BCUT2D eigenvalue weighted by molar-refractivity contribution is -0.0120. The Labute approximate surface area is 214 Å². The Balaban J connectivity index is 1.30. The quantitative estimate of drug-likeness (QED) is 0.394. The summed E-state index contributed by atoms with van der Waals surface area (Å²) < 4.78 is 1.84. The Morgan fingerprint density at radius 1 is 0.882 bits per heavy atom. The summed E-state index contributed by atoms with van der Waals surface area (Å²) in [6.45, 7) is 0.430. The Hall–Kier alpha value is -2.01. The van der Waals surface area contributed by atoms with Crippen LogP contribution >= 0.6 is 34.8 Å². The van der Waals surface area contributed by atoms with Gasteiger partial charge in [0.05, 0.1) is 12.2 Å². The topological polar surface area (TPSA) is 46.9 Å². The number of hydrogen-bond acceptors (Lipinski definition) is 2. The summed E-state index contributed by atoms with van der Waals surface area (Å²) in [5.74, 6) is 2.89. The van der Waals surface area contributed by atoms with Crippen LogP contribution in [0.5, 0.6) is 0 Å². The minimum absolute atomic E-state index is 0.0892. The van der Waals surface area contributed by atoms with Crippen molar-refractivity contribution >= 4 is 40.7 Å². The standard InChI is InChI=1S/C27H26Cl3N3O/c28-21-4-1-17(2-5-21)25-13-24(32-33(25)14-18-3-6-22(29)12-23(18)30)27(34)31-26-19-8-15-7-16(10-19)11-20(26)9-15/h1-6,12-13,15-16,19-20,26H,7-11,14H2,(H,31,34). The third-order valence-corrected chi connectivity index (χ3v) is 8.85. The maximum atomic E-state index is 13.4. The largest absolute Gasteiger partial charge is 0.347 e. The van der Waals surface area contributed by atoms with E-state index < -0.39 is 0 Å². The number of carbonyl (C=O) groups excluding carboxylic acids is 1. The van der Waals surface area contributed by atoms with Crippen molar-refractivity contribution < 1.29 is 4.79 Å². The van der Waals surface area contributed by atoms with E-state index in [0.717, 1.165) is 28.7 Å². The molecule has 4 bridgehead atoms. The van der Waals surface area contributed by atoms with Crippen LogP contribution in [0.15, 0.2) is 48.5 Å². The third kappa shape index (κ3) is 4.25. The fourth-order valence-corrected chi connectivity index (χ4v) is 7.29. The van der Waals surface area contributed by atoms with Crippen molar-refractivity contribution in [2.45, 2.75) is 44.7 Å². The van der Waals surface area contributed by atoms with Crippen LogP contribution in [0.3, 0.4) is 0 Å². The molecule has 3 aromatic rings. The number of aromatic nitrogens is 2. The zero-order valence-corrected chi connectivity index (χ0v) is 21.0. The summed E-state index contributed by atoms with van der Waals surface area (Å²) in [7, 11) is 0. The van der Waals surface area contributed by atoms with Gasteiger partial charge in [0.15, 0.2) is 5.69 Å². The van der Waals surface area contributed by atoms with Crippen molar-refractivity contribution in [2.75, 3.05) is 0 Å². The zero-order valence-electron chi connectivity index (χ0n) is 18.7. The maximum absolute atomic E-state index is 13.4. The number of halogens is 3. The first-order valence-corrected chi connectivity index (χ1v) is 13.1. The first-order valence-electron chi connectivity index (χ1n) is 12.0. The Morgan fingerprint density at radius 3 is 2.18 bits per heavy atom. The van der Waals surface area contributed by atoms with Gasteiger partial charge in [-0.3, -0.25) is 9.48 Å². The Morgan fingerprint density at radius 2 is 1.53 bits per heavy atom. The van der Waals surface area contributed by atoms with Crippen LogP contribution in [0.2, 0.25) is 15.1 Å². The molecule has 2 aromatic carbocycles. The van der Waals surface area contributed by atoms with Crippen molar-refractivity contribution in [3.8, 4) is 11.3 Å². The molecule has 0 radical (unpaired) electrons. The van der Waals surface area contributed by atoms with Crippen molar-refractivity contribution in [3.63, 3.8) is 0 Å². The molecule has 4 aliphatic carbocycles. The molecule has 7 rings (SSSR count). The van der Waals surface area contributed by atoms with Gasteiger partial charge in [-0.15, -0.1) is 0 Å². The van der Waals surface area contributed by atoms with Crippen LogP contribution in [0.25, 0.3) is 11.3 Å². The summed E-state index contributed by atoms with van der Waals surface area (Å²) in [4.78, 5) is 13.4. The molecule has 4 saturated carbocycles. The fraction of sp³-hybridized carbons (Fsp3) is 0.407. The Kier molecular flexibility index (Phi) is 5.87. The van der Waals surface area contributed by atoms with Gasteiger partial charge in [0, 0.05) is 21.1 Å². The molecule has 1 amide bonds.